The van der Waals surface area contributed by atoms with Gasteiger partial charge in [0.15, 0.2) is 29.1 Å². The predicted molar refractivity (Wildman–Crippen MR) is 91.4 cm³/mol. The number of nitrogens with one attached hydrogen (secondary N) is 1. The summed E-state index contributed by atoms with van der Waals surface area (Å²) in [6.45, 7) is 2.95. The van der Waals surface area contributed by atoms with Crippen molar-refractivity contribution in [2.75, 3.05) is 5.32 Å². The van der Waals surface area contributed by atoms with Gasteiger partial charge in [0.2, 0.25) is 5.82 Å². The van der Waals surface area contributed by atoms with Gasteiger partial charge in [-0.1, -0.05) is 17.7 Å². The average molecular weight is 395 g/mol. The molecule has 0 spiro atoms. The quantitative estimate of drug-likeness (QED) is 0.402. The molecule has 1 aromatic heterocycles. The molecule has 3 rings (SSSR count). The highest BCUT2D eigenvalue weighted by Crippen LogP contribution is 2.24. The van der Waals surface area contributed by atoms with Gasteiger partial charge in [0.25, 0.3) is 5.91 Å². The molecule has 0 atom stereocenters. The van der Waals surface area contributed by atoms with Crippen molar-refractivity contribution in [3.05, 3.63) is 81.8 Å². The van der Waals surface area contributed by atoms with Crippen LogP contribution in [-0.4, -0.2) is 15.7 Å². The predicted octanol–water partition coefficient (Wildman–Crippen LogP) is 4.50. The first kappa shape index (κ1) is 19.5. The first-order chi connectivity index (χ1) is 13.2. The molecule has 3 aromatic rings. The molecule has 0 bridgehead atoms. The van der Waals surface area contributed by atoms with E-state index in [9.17, 15) is 26.7 Å². The van der Waals surface area contributed by atoms with E-state index in [1.165, 1.54) is 12.3 Å². The maximum atomic E-state index is 13.8. The molecule has 0 saturated carbocycles. The highest BCUT2D eigenvalue weighted by molar-refractivity contribution is 6.04. The van der Waals surface area contributed by atoms with Gasteiger partial charge in [-0.3, -0.25) is 9.48 Å². The summed E-state index contributed by atoms with van der Waals surface area (Å²) in [5.41, 5.74) is 1.13. The number of nitrogens with zero attached hydrogens (tertiary/aromatic N) is 2. The molecule has 0 fully saturated rings. The van der Waals surface area contributed by atoms with Crippen molar-refractivity contribution in [3.63, 3.8) is 0 Å². The molecule has 0 unspecified atom stereocenters. The third kappa shape index (κ3) is 3.60. The Hall–Kier alpha value is -3.23. The van der Waals surface area contributed by atoms with Crippen molar-refractivity contribution in [3.8, 4) is 0 Å². The second kappa shape index (κ2) is 7.41. The number of anilines is 1. The SMILES string of the molecule is Cc1ccc(C(=O)Nc2ccn(Cc3c(F)c(F)c(F)c(F)c3F)n2)c(C)c1. The van der Waals surface area contributed by atoms with Gasteiger partial charge in [-0.25, -0.2) is 22.0 Å². The third-order valence-corrected chi connectivity index (χ3v) is 4.13. The zero-order valence-corrected chi connectivity index (χ0v) is 14.8. The zero-order chi connectivity index (χ0) is 20.6. The van der Waals surface area contributed by atoms with Crippen LogP contribution in [0.1, 0.15) is 27.0 Å². The van der Waals surface area contributed by atoms with E-state index in [1.807, 2.05) is 13.0 Å². The van der Waals surface area contributed by atoms with Crippen molar-refractivity contribution in [2.45, 2.75) is 20.4 Å². The number of rotatable bonds is 4. The minimum absolute atomic E-state index is 0.0637. The lowest BCUT2D eigenvalue weighted by molar-refractivity contribution is 0.102. The highest BCUT2D eigenvalue weighted by Gasteiger charge is 2.26. The van der Waals surface area contributed by atoms with Crippen molar-refractivity contribution < 1.29 is 26.7 Å². The van der Waals surface area contributed by atoms with Crippen LogP contribution in [0.2, 0.25) is 0 Å². The fourth-order valence-electron chi connectivity index (χ4n) is 2.72. The molecule has 0 aliphatic carbocycles. The first-order valence-electron chi connectivity index (χ1n) is 8.11. The Labute approximate surface area is 156 Å². The number of hydrogen-bond donors (Lipinski definition) is 1. The molecule has 1 heterocycles. The van der Waals surface area contributed by atoms with Gasteiger partial charge in [0, 0.05) is 17.8 Å². The van der Waals surface area contributed by atoms with E-state index in [0.29, 0.717) is 5.56 Å². The van der Waals surface area contributed by atoms with Crippen LogP contribution >= 0.6 is 0 Å². The zero-order valence-electron chi connectivity index (χ0n) is 14.8. The highest BCUT2D eigenvalue weighted by atomic mass is 19.2. The van der Waals surface area contributed by atoms with E-state index in [1.54, 1.807) is 19.1 Å². The number of amides is 1. The minimum atomic E-state index is -2.22. The molecule has 9 heteroatoms. The van der Waals surface area contributed by atoms with Gasteiger partial charge in [-0.2, -0.15) is 5.10 Å². The molecule has 2 aromatic carbocycles. The van der Waals surface area contributed by atoms with Crippen LogP contribution in [0.5, 0.6) is 0 Å². The molecule has 28 heavy (non-hydrogen) atoms. The smallest absolute Gasteiger partial charge is 0.257 e. The van der Waals surface area contributed by atoms with E-state index in [2.05, 4.69) is 10.4 Å². The van der Waals surface area contributed by atoms with Crippen LogP contribution in [-0.2, 0) is 6.54 Å². The van der Waals surface area contributed by atoms with E-state index in [0.717, 1.165) is 15.8 Å². The van der Waals surface area contributed by atoms with Crippen LogP contribution in [0.25, 0.3) is 0 Å². The van der Waals surface area contributed by atoms with Crippen LogP contribution in [0.15, 0.2) is 30.5 Å². The van der Waals surface area contributed by atoms with Crippen molar-refractivity contribution in [2.24, 2.45) is 0 Å². The van der Waals surface area contributed by atoms with Gasteiger partial charge in [0.05, 0.1) is 12.1 Å². The maximum Gasteiger partial charge on any atom is 0.257 e. The van der Waals surface area contributed by atoms with E-state index >= 15 is 0 Å². The fourth-order valence-corrected chi connectivity index (χ4v) is 2.72. The Balaban J connectivity index is 1.81. The van der Waals surface area contributed by atoms with Crippen LogP contribution in [0.4, 0.5) is 27.8 Å². The lowest BCUT2D eigenvalue weighted by Crippen LogP contribution is -2.15. The molecule has 0 aliphatic heterocycles. The summed E-state index contributed by atoms with van der Waals surface area (Å²) < 4.78 is 68.2. The lowest BCUT2D eigenvalue weighted by Gasteiger charge is -2.08. The normalized spacial score (nSPS) is 11.0. The van der Waals surface area contributed by atoms with E-state index < -0.39 is 47.1 Å². The standard InChI is InChI=1S/C19H14F5N3O/c1-9-3-4-11(10(2)7-9)19(28)25-13-5-6-27(26-13)8-12-14(20)16(22)18(24)17(23)15(12)21/h3-7H,8H2,1-2H3,(H,25,26,28). The topological polar surface area (TPSA) is 46.9 Å². The average Bonchev–Trinajstić information content (AvgIpc) is 3.08. The van der Waals surface area contributed by atoms with Gasteiger partial charge in [0.1, 0.15) is 0 Å². The van der Waals surface area contributed by atoms with Gasteiger partial charge >= 0.3 is 0 Å². The number of halogens is 5. The van der Waals surface area contributed by atoms with Crippen LogP contribution in [0, 0.1) is 42.9 Å². The monoisotopic (exact) mass is 395 g/mol. The number of aryl methyl sites for hydroxylation is 2. The molecule has 0 aliphatic rings. The Morgan fingerprint density at radius 2 is 1.57 bits per heavy atom. The number of aromatic nitrogens is 2. The maximum absolute atomic E-state index is 13.8. The Morgan fingerprint density at radius 3 is 2.18 bits per heavy atom. The minimum Gasteiger partial charge on any atom is -0.305 e. The summed E-state index contributed by atoms with van der Waals surface area (Å²) in [6.07, 6.45) is 1.25. The van der Waals surface area contributed by atoms with Crippen LogP contribution < -0.4 is 5.32 Å². The Morgan fingerprint density at radius 1 is 0.964 bits per heavy atom. The first-order valence-corrected chi connectivity index (χ1v) is 8.11. The fraction of sp³-hybridized carbons (Fsp3) is 0.158. The van der Waals surface area contributed by atoms with Crippen molar-refractivity contribution >= 4 is 11.7 Å². The number of carbonyl (C=O) groups is 1. The van der Waals surface area contributed by atoms with Gasteiger partial charge < -0.3 is 5.32 Å². The lowest BCUT2D eigenvalue weighted by atomic mass is 10.1. The third-order valence-electron chi connectivity index (χ3n) is 4.13. The largest absolute Gasteiger partial charge is 0.305 e. The van der Waals surface area contributed by atoms with E-state index in [-0.39, 0.29) is 5.82 Å². The molecule has 0 saturated heterocycles. The molecule has 1 amide bonds. The second-order valence-electron chi connectivity index (χ2n) is 6.22. The van der Waals surface area contributed by atoms with Gasteiger partial charge in [-0.15, -0.1) is 0 Å². The Kier molecular flexibility index (Phi) is 5.17. The Bertz CT molecular complexity index is 1050. The van der Waals surface area contributed by atoms with Crippen molar-refractivity contribution in [1.29, 1.82) is 0 Å². The summed E-state index contributed by atoms with van der Waals surface area (Å²) in [4.78, 5) is 12.3. The molecule has 1 N–H and O–H groups in total. The number of hydrogen-bond acceptors (Lipinski definition) is 2. The molecular weight excluding hydrogens is 381 g/mol. The summed E-state index contributed by atoms with van der Waals surface area (Å²) >= 11 is 0. The summed E-state index contributed by atoms with van der Waals surface area (Å²) in [5, 5.41) is 6.41. The molecule has 4 nitrogen and oxygen atoms in total. The second-order valence-corrected chi connectivity index (χ2v) is 6.22. The van der Waals surface area contributed by atoms with Gasteiger partial charge in [-0.05, 0) is 25.5 Å². The summed E-state index contributed by atoms with van der Waals surface area (Å²) in [6, 6.07) is 6.58. The molecule has 146 valence electrons. The van der Waals surface area contributed by atoms with Crippen molar-refractivity contribution in [1.82, 2.24) is 9.78 Å². The van der Waals surface area contributed by atoms with Crippen LogP contribution in [0.3, 0.4) is 0 Å². The molecular formula is C19H14F5N3O. The number of benzene rings is 2. The summed E-state index contributed by atoms with van der Waals surface area (Å²) in [5.74, 6) is -10.5. The van der Waals surface area contributed by atoms with E-state index in [4.69, 9.17) is 0 Å². The summed E-state index contributed by atoms with van der Waals surface area (Å²) in [7, 11) is 0. The molecule has 0 radical (unpaired) electrons. The number of carbonyl (C=O) groups excluding carboxylic acids is 1.